The molecule has 0 saturated heterocycles. The van der Waals surface area contributed by atoms with Gasteiger partial charge in [0.2, 0.25) is 0 Å². The molecule has 16 heavy (non-hydrogen) atoms. The standard InChI is InChI=1S/C11H10N4O/c12-11(8-6-13-15-14-8)10-5-7-3-1-2-4-9(7)16-10/h1-6,11H,12H2,(H,13,14,15). The highest BCUT2D eigenvalue weighted by atomic mass is 16.3. The predicted octanol–water partition coefficient (Wildman–Crippen LogP) is 1.60. The number of nitrogens with one attached hydrogen (secondary N) is 1. The third kappa shape index (κ3) is 1.38. The Morgan fingerprint density at radius 3 is 2.94 bits per heavy atom. The first kappa shape index (κ1) is 9.11. The molecule has 0 amide bonds. The topological polar surface area (TPSA) is 80.7 Å². The molecule has 0 fully saturated rings. The van der Waals surface area contributed by atoms with E-state index in [1.165, 1.54) is 0 Å². The molecule has 1 aromatic carbocycles. The first-order chi connectivity index (χ1) is 7.84. The van der Waals surface area contributed by atoms with Crippen LogP contribution < -0.4 is 5.73 Å². The smallest absolute Gasteiger partial charge is 0.134 e. The van der Waals surface area contributed by atoms with Crippen molar-refractivity contribution in [2.45, 2.75) is 6.04 Å². The van der Waals surface area contributed by atoms with Crippen LogP contribution in [0.2, 0.25) is 0 Å². The van der Waals surface area contributed by atoms with E-state index >= 15 is 0 Å². The van der Waals surface area contributed by atoms with Crippen molar-refractivity contribution in [3.63, 3.8) is 0 Å². The predicted molar refractivity (Wildman–Crippen MR) is 58.6 cm³/mol. The summed E-state index contributed by atoms with van der Waals surface area (Å²) in [5.74, 6) is 0.690. The first-order valence-electron chi connectivity index (χ1n) is 4.94. The van der Waals surface area contributed by atoms with Crippen molar-refractivity contribution < 1.29 is 4.42 Å². The number of nitrogens with two attached hydrogens (primary N) is 1. The van der Waals surface area contributed by atoms with Gasteiger partial charge in [-0.25, -0.2) is 0 Å². The lowest BCUT2D eigenvalue weighted by Gasteiger charge is -2.02. The number of aromatic amines is 1. The van der Waals surface area contributed by atoms with Gasteiger partial charge in [0.25, 0.3) is 0 Å². The van der Waals surface area contributed by atoms with E-state index in [-0.39, 0.29) is 6.04 Å². The summed E-state index contributed by atoms with van der Waals surface area (Å²) < 4.78 is 5.65. The molecule has 0 radical (unpaired) electrons. The summed E-state index contributed by atoms with van der Waals surface area (Å²) in [7, 11) is 0. The summed E-state index contributed by atoms with van der Waals surface area (Å²) in [4.78, 5) is 0. The van der Waals surface area contributed by atoms with Crippen LogP contribution in [0.5, 0.6) is 0 Å². The fourth-order valence-corrected chi connectivity index (χ4v) is 1.66. The van der Waals surface area contributed by atoms with Gasteiger partial charge in [-0.1, -0.05) is 18.2 Å². The van der Waals surface area contributed by atoms with E-state index in [9.17, 15) is 0 Å². The Labute approximate surface area is 91.3 Å². The highest BCUT2D eigenvalue weighted by Crippen LogP contribution is 2.25. The van der Waals surface area contributed by atoms with Gasteiger partial charge in [-0.05, 0) is 12.1 Å². The summed E-state index contributed by atoms with van der Waals surface area (Å²) in [6.07, 6.45) is 1.60. The summed E-state index contributed by atoms with van der Waals surface area (Å²) in [5, 5.41) is 11.2. The zero-order chi connectivity index (χ0) is 11.0. The average molecular weight is 214 g/mol. The van der Waals surface area contributed by atoms with Crippen molar-refractivity contribution >= 4 is 11.0 Å². The lowest BCUT2D eigenvalue weighted by molar-refractivity contribution is 0.520. The Hall–Kier alpha value is -2.14. The molecule has 2 aromatic heterocycles. The SMILES string of the molecule is NC(c1cn[nH]n1)c1cc2ccccc2o1. The van der Waals surface area contributed by atoms with Crippen molar-refractivity contribution in [3.8, 4) is 0 Å². The Morgan fingerprint density at radius 2 is 2.19 bits per heavy atom. The Bertz CT molecular complexity index is 566. The molecule has 3 rings (SSSR count). The summed E-state index contributed by atoms with van der Waals surface area (Å²) >= 11 is 0. The van der Waals surface area contributed by atoms with E-state index < -0.39 is 0 Å². The largest absolute Gasteiger partial charge is 0.459 e. The molecular formula is C11H10N4O. The van der Waals surface area contributed by atoms with Gasteiger partial charge >= 0.3 is 0 Å². The number of H-pyrrole nitrogens is 1. The van der Waals surface area contributed by atoms with Crippen LogP contribution in [0.15, 0.2) is 40.9 Å². The van der Waals surface area contributed by atoms with Crippen LogP contribution in [0.25, 0.3) is 11.0 Å². The Kier molecular flexibility index (Phi) is 1.97. The molecular weight excluding hydrogens is 204 g/mol. The van der Waals surface area contributed by atoms with Crippen LogP contribution in [-0.2, 0) is 0 Å². The van der Waals surface area contributed by atoms with Crippen LogP contribution in [0, 0.1) is 0 Å². The van der Waals surface area contributed by atoms with Crippen molar-refractivity contribution in [2.24, 2.45) is 5.73 Å². The van der Waals surface area contributed by atoms with Crippen LogP contribution in [-0.4, -0.2) is 15.4 Å². The van der Waals surface area contributed by atoms with Gasteiger partial charge in [0, 0.05) is 5.39 Å². The molecule has 80 valence electrons. The highest BCUT2D eigenvalue weighted by molar-refractivity contribution is 5.77. The first-order valence-corrected chi connectivity index (χ1v) is 4.94. The second-order valence-electron chi connectivity index (χ2n) is 3.56. The quantitative estimate of drug-likeness (QED) is 0.678. The van der Waals surface area contributed by atoms with Crippen LogP contribution in [0.3, 0.4) is 0 Å². The zero-order valence-electron chi connectivity index (χ0n) is 8.42. The van der Waals surface area contributed by atoms with Gasteiger partial charge in [0.1, 0.15) is 23.1 Å². The van der Waals surface area contributed by atoms with Crippen LogP contribution in [0.4, 0.5) is 0 Å². The number of hydrogen-bond donors (Lipinski definition) is 2. The number of fused-ring (bicyclic) bond motifs is 1. The maximum atomic E-state index is 6.01. The third-order valence-electron chi connectivity index (χ3n) is 2.50. The number of rotatable bonds is 2. The van der Waals surface area contributed by atoms with Crippen LogP contribution in [0.1, 0.15) is 17.5 Å². The lowest BCUT2D eigenvalue weighted by Crippen LogP contribution is -2.11. The van der Waals surface area contributed by atoms with E-state index in [0.717, 1.165) is 11.0 Å². The number of para-hydroxylation sites is 1. The van der Waals surface area contributed by atoms with Gasteiger partial charge in [-0.2, -0.15) is 15.4 Å². The number of nitrogens with zero attached hydrogens (tertiary/aromatic N) is 2. The molecule has 0 aliphatic carbocycles. The monoisotopic (exact) mass is 214 g/mol. The molecule has 0 saturated carbocycles. The van der Waals surface area contributed by atoms with Crippen molar-refractivity contribution in [1.29, 1.82) is 0 Å². The molecule has 1 unspecified atom stereocenters. The number of benzene rings is 1. The lowest BCUT2D eigenvalue weighted by atomic mass is 10.1. The number of aromatic nitrogens is 3. The van der Waals surface area contributed by atoms with Crippen molar-refractivity contribution in [3.05, 3.63) is 48.0 Å². The molecule has 3 aromatic rings. The highest BCUT2D eigenvalue weighted by Gasteiger charge is 2.16. The molecule has 0 spiro atoms. The van der Waals surface area contributed by atoms with Crippen molar-refractivity contribution in [1.82, 2.24) is 15.4 Å². The number of furan rings is 1. The summed E-state index contributed by atoms with van der Waals surface area (Å²) in [5.41, 5.74) is 7.50. The molecule has 0 bridgehead atoms. The fraction of sp³-hybridized carbons (Fsp3) is 0.0909. The van der Waals surface area contributed by atoms with E-state index in [2.05, 4.69) is 15.4 Å². The second-order valence-corrected chi connectivity index (χ2v) is 3.56. The van der Waals surface area contributed by atoms with Gasteiger partial charge in [-0.15, -0.1) is 0 Å². The number of hydrogen-bond acceptors (Lipinski definition) is 4. The summed E-state index contributed by atoms with van der Waals surface area (Å²) in [6, 6.07) is 9.33. The third-order valence-corrected chi connectivity index (χ3v) is 2.50. The molecule has 1 atom stereocenters. The van der Waals surface area contributed by atoms with Crippen molar-refractivity contribution in [2.75, 3.05) is 0 Å². The minimum Gasteiger partial charge on any atom is -0.459 e. The normalized spacial score (nSPS) is 13.1. The Morgan fingerprint density at radius 1 is 1.31 bits per heavy atom. The Balaban J connectivity index is 2.06. The van der Waals surface area contributed by atoms with Crippen LogP contribution >= 0.6 is 0 Å². The summed E-state index contributed by atoms with van der Waals surface area (Å²) in [6.45, 7) is 0. The second kappa shape index (κ2) is 3.46. The zero-order valence-corrected chi connectivity index (χ0v) is 8.42. The molecule has 0 aliphatic rings. The molecule has 5 heteroatoms. The maximum Gasteiger partial charge on any atom is 0.134 e. The average Bonchev–Trinajstić information content (AvgIpc) is 2.97. The molecule has 0 aliphatic heterocycles. The van der Waals surface area contributed by atoms with E-state index in [0.29, 0.717) is 11.5 Å². The fourth-order valence-electron chi connectivity index (χ4n) is 1.66. The minimum atomic E-state index is -0.383. The minimum absolute atomic E-state index is 0.383. The van der Waals surface area contributed by atoms with E-state index in [1.54, 1.807) is 6.20 Å². The van der Waals surface area contributed by atoms with E-state index in [1.807, 2.05) is 30.3 Å². The molecule has 2 heterocycles. The van der Waals surface area contributed by atoms with Gasteiger partial charge < -0.3 is 10.2 Å². The molecule has 5 nitrogen and oxygen atoms in total. The van der Waals surface area contributed by atoms with E-state index in [4.69, 9.17) is 10.2 Å². The maximum absolute atomic E-state index is 6.01. The van der Waals surface area contributed by atoms with Gasteiger partial charge in [-0.3, -0.25) is 0 Å². The van der Waals surface area contributed by atoms with Gasteiger partial charge in [0.15, 0.2) is 0 Å². The van der Waals surface area contributed by atoms with Gasteiger partial charge in [0.05, 0.1) is 6.20 Å². The molecule has 3 N–H and O–H groups in total.